The van der Waals surface area contributed by atoms with Crippen LogP contribution in [-0.2, 0) is 9.59 Å². The van der Waals surface area contributed by atoms with Gasteiger partial charge in [0.15, 0.2) is 0 Å². The Balaban J connectivity index is 1.44. The zero-order valence-electron chi connectivity index (χ0n) is 20.8. The van der Waals surface area contributed by atoms with Crippen molar-refractivity contribution in [3.63, 3.8) is 0 Å². The second-order valence-corrected chi connectivity index (χ2v) is 9.64. The molecule has 3 aliphatic rings. The molecule has 2 bridgehead atoms. The number of amides is 2. The molecule has 2 fully saturated rings. The first-order valence-electron chi connectivity index (χ1n) is 12.4. The average Bonchev–Trinajstić information content (AvgIpc) is 3.58. The van der Waals surface area contributed by atoms with Gasteiger partial charge in [-0.15, -0.1) is 0 Å². The SMILES string of the molecule is COc1ccc(C(=C2[C@H]3C=C[C@H]2[C@@H]2C(=O)N(c4ccc(C(=O)O)cc4)C(=O)[C@H]23)c2ccc(OC)cc2)cc1. The molecule has 0 spiro atoms. The number of rotatable bonds is 6. The summed E-state index contributed by atoms with van der Waals surface area (Å²) in [5.74, 6) is -1.51. The summed E-state index contributed by atoms with van der Waals surface area (Å²) in [6, 6.07) is 21.5. The van der Waals surface area contributed by atoms with E-state index in [1.54, 1.807) is 14.2 Å². The number of carboxylic acid groups (broad SMARTS) is 1. The number of nitrogens with zero attached hydrogens (tertiary/aromatic N) is 1. The highest BCUT2D eigenvalue weighted by atomic mass is 16.5. The Bertz CT molecular complexity index is 1420. The quantitative estimate of drug-likeness (QED) is 0.380. The van der Waals surface area contributed by atoms with Gasteiger partial charge in [0.1, 0.15) is 11.5 Å². The van der Waals surface area contributed by atoms with Crippen molar-refractivity contribution in [3.8, 4) is 11.5 Å². The van der Waals surface area contributed by atoms with E-state index in [0.29, 0.717) is 5.69 Å². The second-order valence-electron chi connectivity index (χ2n) is 9.64. The minimum absolute atomic E-state index is 0.101. The maximum atomic E-state index is 13.7. The van der Waals surface area contributed by atoms with Crippen LogP contribution in [0.15, 0.2) is 90.5 Å². The van der Waals surface area contributed by atoms with Crippen molar-refractivity contribution < 1.29 is 29.0 Å². The molecule has 1 saturated heterocycles. The molecule has 4 atom stereocenters. The Morgan fingerprint density at radius 2 is 1.11 bits per heavy atom. The minimum atomic E-state index is -1.06. The fourth-order valence-electron chi connectivity index (χ4n) is 6.12. The highest BCUT2D eigenvalue weighted by molar-refractivity contribution is 6.23. The van der Waals surface area contributed by atoms with Gasteiger partial charge in [0.25, 0.3) is 0 Å². The molecule has 190 valence electrons. The molecular weight excluding hydrogens is 482 g/mol. The summed E-state index contributed by atoms with van der Waals surface area (Å²) >= 11 is 0. The van der Waals surface area contributed by atoms with Gasteiger partial charge in [-0.1, -0.05) is 36.4 Å². The Morgan fingerprint density at radius 1 is 0.684 bits per heavy atom. The van der Waals surface area contributed by atoms with Crippen molar-refractivity contribution in [1.82, 2.24) is 0 Å². The number of carbonyl (C=O) groups excluding carboxylic acids is 2. The average molecular weight is 508 g/mol. The first kappa shape index (κ1) is 23.7. The number of hydrogen-bond donors (Lipinski definition) is 1. The van der Waals surface area contributed by atoms with Crippen LogP contribution in [0.4, 0.5) is 5.69 Å². The van der Waals surface area contributed by atoms with Gasteiger partial charge in [0.05, 0.1) is 37.3 Å². The van der Waals surface area contributed by atoms with Crippen molar-refractivity contribution in [3.05, 3.63) is 107 Å². The van der Waals surface area contributed by atoms with Crippen molar-refractivity contribution >= 4 is 29.0 Å². The molecule has 1 heterocycles. The number of anilines is 1. The summed E-state index contributed by atoms with van der Waals surface area (Å²) in [4.78, 5) is 39.9. The number of carbonyl (C=O) groups is 3. The van der Waals surface area contributed by atoms with Crippen molar-refractivity contribution in [2.24, 2.45) is 23.7 Å². The summed E-state index contributed by atoms with van der Waals surface area (Å²) in [5, 5.41) is 9.21. The second kappa shape index (κ2) is 9.03. The van der Waals surface area contributed by atoms with Crippen LogP contribution in [0.3, 0.4) is 0 Å². The summed E-state index contributed by atoms with van der Waals surface area (Å²) in [6.07, 6.45) is 4.10. The third kappa shape index (κ3) is 3.54. The van der Waals surface area contributed by atoms with Gasteiger partial charge in [-0.25, -0.2) is 9.69 Å². The summed E-state index contributed by atoms with van der Waals surface area (Å²) < 4.78 is 10.7. The zero-order chi connectivity index (χ0) is 26.6. The van der Waals surface area contributed by atoms with E-state index in [1.165, 1.54) is 29.2 Å². The zero-order valence-corrected chi connectivity index (χ0v) is 20.8. The lowest BCUT2D eigenvalue weighted by atomic mass is 9.85. The van der Waals surface area contributed by atoms with Gasteiger partial charge >= 0.3 is 5.97 Å². The van der Waals surface area contributed by atoms with E-state index in [1.807, 2.05) is 48.5 Å². The first-order chi connectivity index (χ1) is 18.4. The molecular formula is C31H25NO6. The Hall–Kier alpha value is -4.65. The van der Waals surface area contributed by atoms with Crippen LogP contribution < -0.4 is 14.4 Å². The molecule has 0 radical (unpaired) electrons. The van der Waals surface area contributed by atoms with Crippen molar-refractivity contribution in [2.45, 2.75) is 0 Å². The molecule has 0 aromatic heterocycles. The lowest BCUT2D eigenvalue weighted by Gasteiger charge is -2.22. The van der Waals surface area contributed by atoms with Gasteiger partial charge in [0, 0.05) is 11.8 Å². The lowest BCUT2D eigenvalue weighted by molar-refractivity contribution is -0.122. The third-order valence-electron chi connectivity index (χ3n) is 7.83. The van der Waals surface area contributed by atoms with E-state index < -0.39 is 17.8 Å². The number of imide groups is 1. The lowest BCUT2D eigenvalue weighted by Crippen LogP contribution is -2.33. The number of aromatic carboxylic acids is 1. The number of carboxylic acids is 1. The Labute approximate surface area is 219 Å². The summed E-state index contributed by atoms with van der Waals surface area (Å²) in [7, 11) is 3.25. The van der Waals surface area contributed by atoms with E-state index >= 15 is 0 Å². The monoisotopic (exact) mass is 507 g/mol. The number of methoxy groups -OCH3 is 2. The van der Waals surface area contributed by atoms with E-state index in [0.717, 1.165) is 33.8 Å². The summed E-state index contributed by atoms with van der Waals surface area (Å²) in [5.41, 5.74) is 4.52. The highest BCUT2D eigenvalue weighted by Gasteiger charge is 2.62. The Kier molecular flexibility index (Phi) is 5.64. The van der Waals surface area contributed by atoms with E-state index in [-0.39, 0.29) is 29.2 Å². The molecule has 6 rings (SSSR count). The molecule has 38 heavy (non-hydrogen) atoms. The molecule has 0 unspecified atom stereocenters. The van der Waals surface area contributed by atoms with Crippen molar-refractivity contribution in [2.75, 3.05) is 19.1 Å². The molecule has 7 nitrogen and oxygen atoms in total. The van der Waals surface area contributed by atoms with Crippen LogP contribution in [0, 0.1) is 23.7 Å². The van der Waals surface area contributed by atoms with Crippen LogP contribution >= 0.6 is 0 Å². The van der Waals surface area contributed by atoms with Crippen LogP contribution in [0.2, 0.25) is 0 Å². The van der Waals surface area contributed by atoms with E-state index in [2.05, 4.69) is 12.2 Å². The van der Waals surface area contributed by atoms with Gasteiger partial charge in [-0.05, 0) is 70.8 Å². The van der Waals surface area contributed by atoms with Crippen LogP contribution in [-0.4, -0.2) is 37.1 Å². The molecule has 7 heteroatoms. The van der Waals surface area contributed by atoms with Gasteiger partial charge in [-0.3, -0.25) is 9.59 Å². The molecule has 3 aromatic rings. The Morgan fingerprint density at radius 3 is 1.50 bits per heavy atom. The van der Waals surface area contributed by atoms with Crippen LogP contribution in [0.1, 0.15) is 21.5 Å². The summed E-state index contributed by atoms with van der Waals surface area (Å²) in [6.45, 7) is 0. The first-order valence-corrected chi connectivity index (χ1v) is 12.4. The van der Waals surface area contributed by atoms with Gasteiger partial charge in [-0.2, -0.15) is 0 Å². The standard InChI is InChI=1S/C31H25NO6/c1-37-21-11-5-17(6-12-21)25(18-7-13-22(38-2)14-8-18)26-23-15-16-24(26)28-27(23)29(33)32(30(28)34)20-9-3-19(4-10-20)31(35)36/h3-16,23-24,27-28H,1-2H3,(H,35,36)/t23-,24-,27+,28+/m1/s1. The van der Waals surface area contributed by atoms with Crippen molar-refractivity contribution in [1.29, 1.82) is 0 Å². The number of hydrogen-bond acceptors (Lipinski definition) is 5. The molecule has 1 N–H and O–H groups in total. The number of benzene rings is 3. The fraction of sp³-hybridized carbons (Fsp3) is 0.194. The minimum Gasteiger partial charge on any atom is -0.497 e. The van der Waals surface area contributed by atoms with Crippen LogP contribution in [0.25, 0.3) is 5.57 Å². The van der Waals surface area contributed by atoms with E-state index in [9.17, 15) is 19.5 Å². The normalized spacial score (nSPS) is 23.1. The molecule has 2 aliphatic carbocycles. The molecule has 2 amide bonds. The molecule has 3 aromatic carbocycles. The number of ether oxygens (including phenoxy) is 2. The molecule has 1 aliphatic heterocycles. The van der Waals surface area contributed by atoms with E-state index in [4.69, 9.17) is 9.47 Å². The maximum absolute atomic E-state index is 13.7. The third-order valence-corrected chi connectivity index (χ3v) is 7.83. The maximum Gasteiger partial charge on any atom is 0.335 e. The topological polar surface area (TPSA) is 93.1 Å². The van der Waals surface area contributed by atoms with Gasteiger partial charge < -0.3 is 14.6 Å². The van der Waals surface area contributed by atoms with Gasteiger partial charge in [0.2, 0.25) is 11.8 Å². The molecule has 1 saturated carbocycles. The predicted octanol–water partition coefficient (Wildman–Crippen LogP) is 4.83. The smallest absolute Gasteiger partial charge is 0.335 e. The van der Waals surface area contributed by atoms with Crippen LogP contribution in [0.5, 0.6) is 11.5 Å². The highest BCUT2D eigenvalue weighted by Crippen LogP contribution is 2.59. The number of fused-ring (bicyclic) bond motifs is 5. The largest absolute Gasteiger partial charge is 0.497 e. The predicted molar refractivity (Wildman–Crippen MR) is 141 cm³/mol. The fourth-order valence-corrected chi connectivity index (χ4v) is 6.12. The number of allylic oxidation sites excluding steroid dienone is 3.